The van der Waals surface area contributed by atoms with E-state index in [1.807, 2.05) is 6.07 Å². The van der Waals surface area contributed by atoms with Crippen LogP contribution < -0.4 is 10.1 Å². The number of amides is 1. The second-order valence-corrected chi connectivity index (χ2v) is 6.96. The first kappa shape index (κ1) is 22.7. The molecule has 0 aliphatic carbocycles. The molecule has 0 aliphatic heterocycles. The van der Waals surface area contributed by atoms with Gasteiger partial charge in [0.2, 0.25) is 6.29 Å². The number of aromatic amines is 1. The summed E-state index contributed by atoms with van der Waals surface area (Å²) in [5, 5.41) is 50.7. The first-order valence-electron chi connectivity index (χ1n) is 9.66. The van der Waals surface area contributed by atoms with Crippen LogP contribution in [0.25, 0.3) is 22.4 Å². The highest BCUT2D eigenvalue weighted by atomic mass is 16.6. The van der Waals surface area contributed by atoms with Gasteiger partial charge in [0.25, 0.3) is 5.91 Å². The summed E-state index contributed by atoms with van der Waals surface area (Å²) in [6.45, 7) is -0.379. The number of carbonyl (C=O) groups excluding carboxylic acids is 1. The number of rotatable bonds is 9. The summed E-state index contributed by atoms with van der Waals surface area (Å²) in [6.07, 6.45) is -6.83. The van der Waals surface area contributed by atoms with Gasteiger partial charge < -0.3 is 40.6 Å². The van der Waals surface area contributed by atoms with Crippen molar-refractivity contribution < 1.29 is 35.1 Å². The summed E-state index contributed by atoms with van der Waals surface area (Å²) >= 11 is 0. The Labute approximate surface area is 177 Å². The van der Waals surface area contributed by atoms with Gasteiger partial charge in [-0.2, -0.15) is 0 Å². The maximum Gasteiger partial charge on any atom is 0.253 e. The maximum absolute atomic E-state index is 12.0. The van der Waals surface area contributed by atoms with Gasteiger partial charge in [-0.25, -0.2) is 4.98 Å². The molecule has 4 unspecified atom stereocenters. The second-order valence-electron chi connectivity index (χ2n) is 6.96. The van der Waals surface area contributed by atoms with Crippen LogP contribution in [-0.4, -0.2) is 79.7 Å². The van der Waals surface area contributed by atoms with Crippen molar-refractivity contribution in [1.29, 1.82) is 0 Å². The van der Waals surface area contributed by atoms with Crippen LogP contribution in [0.1, 0.15) is 16.8 Å². The molecule has 1 heterocycles. The van der Waals surface area contributed by atoms with Gasteiger partial charge in [0, 0.05) is 19.2 Å². The number of hydrogen-bond acceptors (Lipinski definition) is 8. The van der Waals surface area contributed by atoms with E-state index in [-0.39, 0.29) is 24.7 Å². The zero-order valence-corrected chi connectivity index (χ0v) is 16.8. The van der Waals surface area contributed by atoms with E-state index in [2.05, 4.69) is 15.3 Å². The van der Waals surface area contributed by atoms with Crippen molar-refractivity contribution >= 4 is 16.9 Å². The molecular weight excluding hydrogens is 406 g/mol. The van der Waals surface area contributed by atoms with Gasteiger partial charge in [-0.1, -0.05) is 6.07 Å². The minimum Gasteiger partial charge on any atom is -0.462 e. The number of nitrogens with zero attached hydrogens (tertiary/aromatic N) is 1. The lowest BCUT2D eigenvalue weighted by molar-refractivity contribution is -0.166. The topological polar surface area (TPSA) is 168 Å². The van der Waals surface area contributed by atoms with Crippen molar-refractivity contribution in [1.82, 2.24) is 15.3 Å². The van der Waals surface area contributed by atoms with Crippen molar-refractivity contribution in [3.63, 3.8) is 0 Å². The Balaban J connectivity index is 1.74. The SMILES string of the molecule is CNC(=O)c1cccc2[nH]c(-c3ccc(OC(O)C(O)C(O)C(O)CCO)cc3)nc12. The molecule has 0 fully saturated rings. The van der Waals surface area contributed by atoms with E-state index in [1.54, 1.807) is 31.3 Å². The monoisotopic (exact) mass is 431 g/mol. The van der Waals surface area contributed by atoms with Crippen LogP contribution in [0.2, 0.25) is 0 Å². The van der Waals surface area contributed by atoms with E-state index >= 15 is 0 Å². The zero-order valence-electron chi connectivity index (χ0n) is 16.8. The van der Waals surface area contributed by atoms with Crippen LogP contribution in [0.4, 0.5) is 0 Å². The summed E-state index contributed by atoms with van der Waals surface area (Å²) < 4.78 is 5.23. The Morgan fingerprint density at radius 1 is 1.10 bits per heavy atom. The number of fused-ring (bicyclic) bond motifs is 1. The molecule has 166 valence electrons. The fourth-order valence-electron chi connectivity index (χ4n) is 3.09. The fourth-order valence-corrected chi connectivity index (χ4v) is 3.09. The number of carbonyl (C=O) groups is 1. The molecule has 0 saturated carbocycles. The zero-order chi connectivity index (χ0) is 22.5. The molecule has 1 amide bonds. The van der Waals surface area contributed by atoms with E-state index in [9.17, 15) is 25.2 Å². The number of nitrogens with one attached hydrogen (secondary N) is 2. The quantitative estimate of drug-likeness (QED) is 0.228. The number of aromatic nitrogens is 2. The maximum atomic E-state index is 12.0. The lowest BCUT2D eigenvalue weighted by atomic mass is 10.1. The standard InChI is InChI=1S/C21H25N3O7/c1-22-20(29)13-3-2-4-14-16(13)24-19(23-14)11-5-7-12(8-6-11)31-21(30)18(28)17(27)15(26)9-10-25/h2-8,15,17-18,21,25-28,30H,9-10H2,1H3,(H,22,29)(H,23,24). The lowest BCUT2D eigenvalue weighted by Crippen LogP contribution is -2.46. The van der Waals surface area contributed by atoms with Gasteiger partial charge in [0.1, 0.15) is 29.3 Å². The van der Waals surface area contributed by atoms with Gasteiger partial charge in [0.05, 0.1) is 17.2 Å². The predicted octanol–water partition coefficient (Wildman–Crippen LogP) is -0.248. The third-order valence-corrected chi connectivity index (χ3v) is 4.83. The molecule has 31 heavy (non-hydrogen) atoms. The largest absolute Gasteiger partial charge is 0.462 e. The molecule has 3 rings (SSSR count). The molecule has 0 aliphatic rings. The van der Waals surface area contributed by atoms with Crippen molar-refractivity contribution in [3.8, 4) is 17.1 Å². The molecule has 3 aromatic rings. The summed E-state index contributed by atoms with van der Waals surface area (Å²) in [7, 11) is 1.55. The highest BCUT2D eigenvalue weighted by Gasteiger charge is 2.31. The summed E-state index contributed by atoms with van der Waals surface area (Å²) in [6, 6.07) is 11.7. The van der Waals surface area contributed by atoms with Gasteiger partial charge in [-0.15, -0.1) is 0 Å². The Morgan fingerprint density at radius 3 is 2.45 bits per heavy atom. The van der Waals surface area contributed by atoms with Crippen LogP contribution in [0.15, 0.2) is 42.5 Å². The van der Waals surface area contributed by atoms with E-state index in [4.69, 9.17) is 9.84 Å². The van der Waals surface area contributed by atoms with Gasteiger partial charge in [0.15, 0.2) is 0 Å². The van der Waals surface area contributed by atoms with E-state index in [0.29, 0.717) is 28.0 Å². The van der Waals surface area contributed by atoms with Gasteiger partial charge >= 0.3 is 0 Å². The number of aliphatic hydroxyl groups is 5. The van der Waals surface area contributed by atoms with Crippen molar-refractivity contribution in [2.45, 2.75) is 31.0 Å². The van der Waals surface area contributed by atoms with Gasteiger partial charge in [-0.3, -0.25) is 4.79 Å². The number of H-pyrrole nitrogens is 1. The highest BCUT2D eigenvalue weighted by Crippen LogP contribution is 2.25. The minimum atomic E-state index is -1.80. The highest BCUT2D eigenvalue weighted by molar-refractivity contribution is 6.05. The first-order valence-corrected chi connectivity index (χ1v) is 9.66. The summed E-state index contributed by atoms with van der Waals surface area (Å²) in [5.74, 6) is 0.494. The molecule has 4 atom stereocenters. The molecule has 0 bridgehead atoms. The van der Waals surface area contributed by atoms with Crippen LogP contribution >= 0.6 is 0 Å². The molecule has 10 nitrogen and oxygen atoms in total. The normalized spacial score (nSPS) is 15.3. The number of hydrogen-bond donors (Lipinski definition) is 7. The average molecular weight is 431 g/mol. The van der Waals surface area contributed by atoms with E-state index in [1.165, 1.54) is 12.1 Å². The summed E-state index contributed by atoms with van der Waals surface area (Å²) in [5.41, 5.74) is 2.37. The number of para-hydroxylation sites is 1. The molecule has 0 saturated heterocycles. The molecule has 0 radical (unpaired) electrons. The van der Waals surface area contributed by atoms with E-state index in [0.717, 1.165) is 0 Å². The van der Waals surface area contributed by atoms with Crippen LogP contribution in [0.5, 0.6) is 5.75 Å². The summed E-state index contributed by atoms with van der Waals surface area (Å²) in [4.78, 5) is 19.7. The average Bonchev–Trinajstić information content (AvgIpc) is 3.22. The van der Waals surface area contributed by atoms with E-state index < -0.39 is 24.6 Å². The Kier molecular flexibility index (Phi) is 7.21. The molecule has 10 heteroatoms. The number of imidazole rings is 1. The minimum absolute atomic E-state index is 0.154. The van der Waals surface area contributed by atoms with Crippen molar-refractivity contribution in [3.05, 3.63) is 48.0 Å². The Hall–Kier alpha value is -3.02. The molecule has 2 aromatic carbocycles. The molecule has 1 aromatic heterocycles. The smallest absolute Gasteiger partial charge is 0.253 e. The van der Waals surface area contributed by atoms with Gasteiger partial charge in [-0.05, 0) is 42.8 Å². The number of ether oxygens (including phenoxy) is 1. The molecular formula is C21H25N3O7. The number of aliphatic hydroxyl groups excluding tert-OH is 5. The van der Waals surface area contributed by atoms with Crippen LogP contribution in [0, 0.1) is 0 Å². The van der Waals surface area contributed by atoms with Crippen molar-refractivity contribution in [2.24, 2.45) is 0 Å². The molecule has 7 N–H and O–H groups in total. The third kappa shape index (κ3) is 5.01. The first-order chi connectivity index (χ1) is 14.8. The Morgan fingerprint density at radius 2 is 1.81 bits per heavy atom. The third-order valence-electron chi connectivity index (χ3n) is 4.83. The fraction of sp³-hybridized carbons (Fsp3) is 0.333. The Bertz CT molecular complexity index is 1020. The van der Waals surface area contributed by atoms with Crippen LogP contribution in [0.3, 0.4) is 0 Å². The van der Waals surface area contributed by atoms with Crippen molar-refractivity contribution in [2.75, 3.05) is 13.7 Å². The lowest BCUT2D eigenvalue weighted by Gasteiger charge is -2.26. The predicted molar refractivity (Wildman–Crippen MR) is 111 cm³/mol. The number of benzene rings is 2. The molecule has 0 spiro atoms. The van der Waals surface area contributed by atoms with Crippen LogP contribution in [-0.2, 0) is 0 Å². The second kappa shape index (κ2) is 9.86.